The molecule has 1 aliphatic rings. The molecule has 98 valence electrons. The lowest BCUT2D eigenvalue weighted by atomic mass is 9.90. The van der Waals surface area contributed by atoms with E-state index in [-0.39, 0.29) is 5.56 Å². The highest BCUT2D eigenvalue weighted by Gasteiger charge is 2.15. The predicted molar refractivity (Wildman–Crippen MR) is 67.0 cm³/mol. The second-order valence-electron chi connectivity index (χ2n) is 4.82. The Labute approximate surface area is 106 Å². The molecule has 0 atom stereocenters. The summed E-state index contributed by atoms with van der Waals surface area (Å²) in [6.07, 6.45) is 6.17. The normalized spacial score (nSPS) is 16.5. The van der Waals surface area contributed by atoms with Crippen LogP contribution in [0.15, 0.2) is 18.2 Å². The molecule has 0 spiro atoms. The summed E-state index contributed by atoms with van der Waals surface area (Å²) in [4.78, 5) is 10.9. The number of primary amides is 1. The van der Waals surface area contributed by atoms with E-state index in [2.05, 4.69) is 0 Å². The van der Waals surface area contributed by atoms with Crippen LogP contribution in [-0.4, -0.2) is 12.5 Å². The zero-order chi connectivity index (χ0) is 13.0. The van der Waals surface area contributed by atoms with E-state index in [4.69, 9.17) is 10.5 Å². The topological polar surface area (TPSA) is 52.3 Å². The molecule has 1 aromatic rings. The van der Waals surface area contributed by atoms with Crippen LogP contribution in [-0.2, 0) is 0 Å². The van der Waals surface area contributed by atoms with E-state index in [9.17, 15) is 9.18 Å². The summed E-state index contributed by atoms with van der Waals surface area (Å²) in [6.45, 7) is 0.620. The smallest absolute Gasteiger partial charge is 0.251 e. The molecule has 0 aromatic heterocycles. The third-order valence-electron chi connectivity index (χ3n) is 3.42. The molecule has 1 aromatic carbocycles. The lowest BCUT2D eigenvalue weighted by molar-refractivity contribution is 0.0996. The number of carbonyl (C=O) groups excluding carboxylic acids is 1. The second-order valence-corrected chi connectivity index (χ2v) is 4.82. The van der Waals surface area contributed by atoms with E-state index < -0.39 is 11.7 Å². The van der Waals surface area contributed by atoms with Crippen LogP contribution < -0.4 is 10.5 Å². The van der Waals surface area contributed by atoms with Crippen molar-refractivity contribution in [2.24, 2.45) is 11.7 Å². The molecule has 3 nitrogen and oxygen atoms in total. The molecule has 1 saturated carbocycles. The summed E-state index contributed by atoms with van der Waals surface area (Å²) in [5, 5.41) is 0. The van der Waals surface area contributed by atoms with E-state index in [1.165, 1.54) is 44.2 Å². The molecular weight excluding hydrogens is 233 g/mol. The minimum Gasteiger partial charge on any atom is -0.493 e. The van der Waals surface area contributed by atoms with Gasteiger partial charge in [0.25, 0.3) is 5.91 Å². The van der Waals surface area contributed by atoms with Crippen molar-refractivity contribution in [3.8, 4) is 5.75 Å². The highest BCUT2D eigenvalue weighted by Crippen LogP contribution is 2.25. The summed E-state index contributed by atoms with van der Waals surface area (Å²) in [5.74, 6) is -0.351. The number of rotatable bonds is 4. The van der Waals surface area contributed by atoms with Crippen LogP contribution in [0, 0.1) is 11.7 Å². The van der Waals surface area contributed by atoms with Gasteiger partial charge in [0, 0.05) is 6.07 Å². The fourth-order valence-corrected chi connectivity index (χ4v) is 2.35. The van der Waals surface area contributed by atoms with Crippen LogP contribution in [0.1, 0.15) is 42.5 Å². The van der Waals surface area contributed by atoms with Gasteiger partial charge in [-0.3, -0.25) is 4.79 Å². The number of hydrogen-bond acceptors (Lipinski definition) is 2. The number of hydrogen-bond donors (Lipinski definition) is 1. The first-order chi connectivity index (χ1) is 8.66. The fourth-order valence-electron chi connectivity index (χ4n) is 2.35. The van der Waals surface area contributed by atoms with Gasteiger partial charge in [-0.15, -0.1) is 0 Å². The molecule has 1 aliphatic carbocycles. The second kappa shape index (κ2) is 5.85. The van der Waals surface area contributed by atoms with E-state index in [1.807, 2.05) is 0 Å². The van der Waals surface area contributed by atoms with Crippen LogP contribution in [0.25, 0.3) is 0 Å². The lowest BCUT2D eigenvalue weighted by Gasteiger charge is -2.21. The Morgan fingerprint density at radius 2 is 2.06 bits per heavy atom. The average Bonchev–Trinajstić information content (AvgIpc) is 2.37. The largest absolute Gasteiger partial charge is 0.493 e. The number of nitrogens with two attached hydrogens (primary N) is 1. The quantitative estimate of drug-likeness (QED) is 0.894. The zero-order valence-corrected chi connectivity index (χ0v) is 10.3. The van der Waals surface area contributed by atoms with Crippen molar-refractivity contribution in [2.45, 2.75) is 32.1 Å². The molecule has 4 heteroatoms. The zero-order valence-electron chi connectivity index (χ0n) is 10.3. The third kappa shape index (κ3) is 3.22. The Morgan fingerprint density at radius 1 is 1.33 bits per heavy atom. The van der Waals surface area contributed by atoms with Gasteiger partial charge in [-0.25, -0.2) is 4.39 Å². The molecule has 2 rings (SSSR count). The van der Waals surface area contributed by atoms with E-state index in [1.54, 1.807) is 6.07 Å². The van der Waals surface area contributed by atoms with Gasteiger partial charge in [-0.1, -0.05) is 19.3 Å². The SMILES string of the molecule is NC(=O)c1ccc(OCC2CCCCC2)cc1F. The maximum Gasteiger partial charge on any atom is 0.251 e. The average molecular weight is 251 g/mol. The molecule has 0 heterocycles. The first-order valence-corrected chi connectivity index (χ1v) is 6.39. The standard InChI is InChI=1S/C14H18FNO2/c15-13-8-11(6-7-12(13)14(16)17)18-9-10-4-2-1-3-5-10/h6-8,10H,1-5,9H2,(H2,16,17). The summed E-state index contributed by atoms with van der Waals surface area (Å²) in [5.41, 5.74) is 4.94. The monoisotopic (exact) mass is 251 g/mol. The van der Waals surface area contributed by atoms with Crippen LogP contribution in [0.5, 0.6) is 5.75 Å². The Kier molecular flexibility index (Phi) is 4.18. The number of carbonyl (C=O) groups is 1. The van der Waals surface area contributed by atoms with E-state index in [0.29, 0.717) is 18.3 Å². The van der Waals surface area contributed by atoms with E-state index in [0.717, 1.165) is 0 Å². The number of benzene rings is 1. The minimum absolute atomic E-state index is 0.0972. The molecule has 0 unspecified atom stereocenters. The van der Waals surface area contributed by atoms with Gasteiger partial charge in [0.1, 0.15) is 11.6 Å². The summed E-state index contributed by atoms with van der Waals surface area (Å²) in [6, 6.07) is 4.18. The van der Waals surface area contributed by atoms with Crippen molar-refractivity contribution in [2.75, 3.05) is 6.61 Å². The maximum absolute atomic E-state index is 13.5. The first kappa shape index (κ1) is 12.9. The Morgan fingerprint density at radius 3 is 2.67 bits per heavy atom. The number of ether oxygens (including phenoxy) is 1. The van der Waals surface area contributed by atoms with Crippen molar-refractivity contribution >= 4 is 5.91 Å². The highest BCUT2D eigenvalue weighted by atomic mass is 19.1. The van der Waals surface area contributed by atoms with E-state index >= 15 is 0 Å². The Bertz CT molecular complexity index is 428. The molecule has 0 radical (unpaired) electrons. The lowest BCUT2D eigenvalue weighted by Crippen LogP contribution is -2.16. The summed E-state index contributed by atoms with van der Waals surface area (Å²) in [7, 11) is 0. The van der Waals surface area contributed by atoms with Gasteiger partial charge in [0.2, 0.25) is 0 Å². The van der Waals surface area contributed by atoms with Gasteiger partial charge in [-0.05, 0) is 30.9 Å². The van der Waals surface area contributed by atoms with Gasteiger partial charge in [-0.2, -0.15) is 0 Å². The number of amides is 1. The van der Waals surface area contributed by atoms with Crippen molar-refractivity contribution in [1.82, 2.24) is 0 Å². The Balaban J connectivity index is 1.93. The van der Waals surface area contributed by atoms with Gasteiger partial charge < -0.3 is 10.5 Å². The molecular formula is C14H18FNO2. The third-order valence-corrected chi connectivity index (χ3v) is 3.42. The fraction of sp³-hybridized carbons (Fsp3) is 0.500. The maximum atomic E-state index is 13.5. The van der Waals surface area contributed by atoms with Crippen LogP contribution in [0.3, 0.4) is 0 Å². The van der Waals surface area contributed by atoms with Gasteiger partial charge in [0.05, 0.1) is 12.2 Å². The molecule has 18 heavy (non-hydrogen) atoms. The van der Waals surface area contributed by atoms with Crippen LogP contribution in [0.4, 0.5) is 4.39 Å². The molecule has 0 aliphatic heterocycles. The molecule has 1 amide bonds. The summed E-state index contributed by atoms with van der Waals surface area (Å²) < 4.78 is 19.1. The van der Waals surface area contributed by atoms with Gasteiger partial charge in [0.15, 0.2) is 0 Å². The van der Waals surface area contributed by atoms with Crippen molar-refractivity contribution in [3.63, 3.8) is 0 Å². The van der Waals surface area contributed by atoms with Crippen molar-refractivity contribution < 1.29 is 13.9 Å². The predicted octanol–water partition coefficient (Wildman–Crippen LogP) is 2.88. The van der Waals surface area contributed by atoms with Crippen LogP contribution in [0.2, 0.25) is 0 Å². The van der Waals surface area contributed by atoms with Crippen molar-refractivity contribution in [3.05, 3.63) is 29.6 Å². The van der Waals surface area contributed by atoms with Crippen LogP contribution >= 0.6 is 0 Å². The number of halogens is 1. The Hall–Kier alpha value is -1.58. The highest BCUT2D eigenvalue weighted by molar-refractivity contribution is 5.93. The first-order valence-electron chi connectivity index (χ1n) is 6.39. The molecule has 1 fully saturated rings. The molecule has 0 bridgehead atoms. The van der Waals surface area contributed by atoms with Crippen molar-refractivity contribution in [1.29, 1.82) is 0 Å². The molecule has 0 saturated heterocycles. The minimum atomic E-state index is -0.758. The summed E-state index contributed by atoms with van der Waals surface area (Å²) >= 11 is 0. The molecule has 2 N–H and O–H groups in total. The van der Waals surface area contributed by atoms with Gasteiger partial charge >= 0.3 is 0 Å².